The Morgan fingerprint density at radius 1 is 1.21 bits per heavy atom. The first kappa shape index (κ1) is 13.9. The van der Waals surface area contributed by atoms with E-state index in [9.17, 15) is 9.59 Å². The highest BCUT2D eigenvalue weighted by Gasteiger charge is 2.25. The maximum absolute atomic E-state index is 11.9. The van der Waals surface area contributed by atoms with E-state index in [2.05, 4.69) is 22.4 Å². The highest BCUT2D eigenvalue weighted by molar-refractivity contribution is 7.15. The SMILES string of the molecule is CCCNc1nnc(CN2C(=O)CCCCC2=O)s1. The van der Waals surface area contributed by atoms with Crippen LogP contribution >= 0.6 is 11.3 Å². The minimum Gasteiger partial charge on any atom is -0.360 e. The number of nitrogens with one attached hydrogen (secondary N) is 1. The number of carbonyl (C=O) groups is 2. The van der Waals surface area contributed by atoms with Crippen molar-refractivity contribution in [3.05, 3.63) is 5.01 Å². The normalized spacial score (nSPS) is 16.6. The van der Waals surface area contributed by atoms with Crippen molar-refractivity contribution < 1.29 is 9.59 Å². The lowest BCUT2D eigenvalue weighted by Crippen LogP contribution is -2.34. The van der Waals surface area contributed by atoms with Gasteiger partial charge < -0.3 is 5.32 Å². The van der Waals surface area contributed by atoms with E-state index in [0.717, 1.165) is 30.9 Å². The van der Waals surface area contributed by atoms with Gasteiger partial charge in [-0.1, -0.05) is 18.3 Å². The fraction of sp³-hybridized carbons (Fsp3) is 0.667. The number of rotatable bonds is 5. The zero-order chi connectivity index (χ0) is 13.7. The molecule has 0 spiro atoms. The van der Waals surface area contributed by atoms with Crippen molar-refractivity contribution in [3.63, 3.8) is 0 Å². The van der Waals surface area contributed by atoms with Gasteiger partial charge in [0.2, 0.25) is 16.9 Å². The predicted octanol–water partition coefficient (Wildman–Crippen LogP) is 1.79. The highest BCUT2D eigenvalue weighted by Crippen LogP contribution is 2.20. The highest BCUT2D eigenvalue weighted by atomic mass is 32.1. The van der Waals surface area contributed by atoms with Gasteiger partial charge in [-0.15, -0.1) is 10.2 Å². The van der Waals surface area contributed by atoms with Crippen LogP contribution in [0.25, 0.3) is 0 Å². The monoisotopic (exact) mass is 282 g/mol. The van der Waals surface area contributed by atoms with Gasteiger partial charge in [0.05, 0.1) is 6.54 Å². The predicted molar refractivity (Wildman–Crippen MR) is 72.7 cm³/mol. The molecule has 1 aromatic rings. The van der Waals surface area contributed by atoms with E-state index < -0.39 is 0 Å². The standard InChI is InChI=1S/C12H18N4O2S/c1-2-7-13-12-15-14-9(19-12)8-16-10(17)5-3-4-6-11(16)18/h2-8H2,1H3,(H,13,15). The molecule has 0 saturated carbocycles. The van der Waals surface area contributed by atoms with Crippen LogP contribution in [0.4, 0.5) is 5.13 Å². The summed E-state index contributed by atoms with van der Waals surface area (Å²) < 4.78 is 0. The van der Waals surface area contributed by atoms with Crippen molar-refractivity contribution in [2.45, 2.75) is 45.6 Å². The summed E-state index contributed by atoms with van der Waals surface area (Å²) in [6, 6.07) is 0. The Balaban J connectivity index is 2.00. The minimum atomic E-state index is -0.0965. The average molecular weight is 282 g/mol. The van der Waals surface area contributed by atoms with Gasteiger partial charge in [-0.05, 0) is 19.3 Å². The number of nitrogens with zero attached hydrogens (tertiary/aromatic N) is 3. The average Bonchev–Trinajstić information content (AvgIpc) is 2.79. The van der Waals surface area contributed by atoms with Gasteiger partial charge in [-0.3, -0.25) is 14.5 Å². The van der Waals surface area contributed by atoms with Gasteiger partial charge in [0.1, 0.15) is 5.01 Å². The van der Waals surface area contributed by atoms with Crippen LogP contribution in [0.5, 0.6) is 0 Å². The third kappa shape index (κ3) is 3.73. The van der Waals surface area contributed by atoms with Gasteiger partial charge in [0, 0.05) is 19.4 Å². The summed E-state index contributed by atoms with van der Waals surface area (Å²) in [5.41, 5.74) is 0. The first-order valence-corrected chi connectivity index (χ1v) is 7.41. The molecule has 2 amide bonds. The number of likely N-dealkylation sites (tertiary alicyclic amines) is 1. The fourth-order valence-electron chi connectivity index (χ4n) is 1.89. The van der Waals surface area contributed by atoms with Gasteiger partial charge in [-0.25, -0.2) is 0 Å². The number of hydrogen-bond donors (Lipinski definition) is 1. The van der Waals surface area contributed by atoms with Crippen LogP contribution in [0, 0.1) is 0 Å². The molecule has 2 heterocycles. The summed E-state index contributed by atoms with van der Waals surface area (Å²) in [6.45, 7) is 3.17. The molecule has 1 aliphatic rings. The molecule has 1 fully saturated rings. The number of amides is 2. The summed E-state index contributed by atoms with van der Waals surface area (Å²) in [4.78, 5) is 25.0. The second-order valence-corrected chi connectivity index (χ2v) is 5.57. The summed E-state index contributed by atoms with van der Waals surface area (Å²) in [5.74, 6) is -0.193. The molecule has 1 aromatic heterocycles. The zero-order valence-corrected chi connectivity index (χ0v) is 11.8. The van der Waals surface area contributed by atoms with Crippen LogP contribution in [0.15, 0.2) is 0 Å². The number of carbonyl (C=O) groups excluding carboxylic acids is 2. The van der Waals surface area contributed by atoms with Gasteiger partial charge >= 0.3 is 0 Å². The smallest absolute Gasteiger partial charge is 0.229 e. The molecule has 104 valence electrons. The lowest BCUT2D eigenvalue weighted by atomic mass is 10.2. The molecule has 0 aromatic carbocycles. The fourth-order valence-corrected chi connectivity index (χ4v) is 2.65. The minimum absolute atomic E-state index is 0.0965. The molecule has 0 atom stereocenters. The van der Waals surface area contributed by atoms with Crippen molar-refractivity contribution in [1.82, 2.24) is 15.1 Å². The Hall–Kier alpha value is -1.50. The maximum atomic E-state index is 11.9. The molecular formula is C12H18N4O2S. The van der Waals surface area contributed by atoms with E-state index in [1.807, 2.05) is 0 Å². The van der Waals surface area contributed by atoms with Crippen molar-refractivity contribution >= 4 is 28.3 Å². The number of anilines is 1. The largest absolute Gasteiger partial charge is 0.360 e. The molecular weight excluding hydrogens is 264 g/mol. The Bertz CT molecular complexity index is 442. The lowest BCUT2D eigenvalue weighted by Gasteiger charge is -2.16. The van der Waals surface area contributed by atoms with Crippen LogP contribution in [0.1, 0.15) is 44.0 Å². The Morgan fingerprint density at radius 2 is 1.89 bits per heavy atom. The summed E-state index contributed by atoms with van der Waals surface area (Å²) in [6.07, 6.45) is 3.50. The Kier molecular flexibility index (Phi) is 4.84. The van der Waals surface area contributed by atoms with Crippen molar-refractivity contribution in [3.8, 4) is 0 Å². The van der Waals surface area contributed by atoms with Crippen LogP contribution < -0.4 is 5.32 Å². The first-order valence-electron chi connectivity index (χ1n) is 6.60. The molecule has 19 heavy (non-hydrogen) atoms. The van der Waals surface area contributed by atoms with Crippen LogP contribution in [-0.4, -0.2) is 33.5 Å². The topological polar surface area (TPSA) is 75.2 Å². The molecule has 1 saturated heterocycles. The third-order valence-corrected chi connectivity index (χ3v) is 3.79. The quantitative estimate of drug-likeness (QED) is 0.833. The molecule has 1 N–H and O–H groups in total. The van der Waals surface area contributed by atoms with E-state index in [0.29, 0.717) is 17.8 Å². The van der Waals surface area contributed by atoms with E-state index >= 15 is 0 Å². The van der Waals surface area contributed by atoms with Gasteiger partial charge in [0.25, 0.3) is 0 Å². The second kappa shape index (κ2) is 6.60. The molecule has 2 rings (SSSR count). The van der Waals surface area contributed by atoms with E-state index in [4.69, 9.17) is 0 Å². The maximum Gasteiger partial charge on any atom is 0.229 e. The lowest BCUT2D eigenvalue weighted by molar-refractivity contribution is -0.144. The molecule has 7 heteroatoms. The van der Waals surface area contributed by atoms with Gasteiger partial charge in [-0.2, -0.15) is 0 Å². The number of hydrogen-bond acceptors (Lipinski definition) is 6. The van der Waals surface area contributed by atoms with E-state index in [-0.39, 0.29) is 18.4 Å². The third-order valence-electron chi connectivity index (χ3n) is 2.92. The molecule has 1 aliphatic heterocycles. The number of imide groups is 1. The molecule has 6 nitrogen and oxygen atoms in total. The number of aromatic nitrogens is 2. The summed E-state index contributed by atoms with van der Waals surface area (Å²) in [7, 11) is 0. The Morgan fingerprint density at radius 3 is 2.53 bits per heavy atom. The molecule has 0 aliphatic carbocycles. The van der Waals surface area contributed by atoms with Crippen molar-refractivity contribution in [1.29, 1.82) is 0 Å². The second-order valence-electron chi connectivity index (χ2n) is 4.51. The van der Waals surface area contributed by atoms with Gasteiger partial charge in [0.15, 0.2) is 0 Å². The van der Waals surface area contributed by atoms with Crippen molar-refractivity contribution in [2.75, 3.05) is 11.9 Å². The Labute approximate surface area is 116 Å². The van der Waals surface area contributed by atoms with E-state index in [1.54, 1.807) is 0 Å². The molecule has 0 unspecified atom stereocenters. The summed E-state index contributed by atoms with van der Waals surface area (Å²) >= 11 is 1.40. The van der Waals surface area contributed by atoms with Crippen LogP contribution in [0.3, 0.4) is 0 Å². The van der Waals surface area contributed by atoms with Crippen LogP contribution in [0.2, 0.25) is 0 Å². The van der Waals surface area contributed by atoms with Crippen LogP contribution in [-0.2, 0) is 16.1 Å². The summed E-state index contributed by atoms with van der Waals surface area (Å²) in [5, 5.41) is 12.6. The van der Waals surface area contributed by atoms with E-state index in [1.165, 1.54) is 16.2 Å². The molecule has 0 bridgehead atoms. The molecule has 0 radical (unpaired) electrons. The first-order chi connectivity index (χ1) is 9.20. The van der Waals surface area contributed by atoms with Crippen molar-refractivity contribution in [2.24, 2.45) is 0 Å². The zero-order valence-electron chi connectivity index (χ0n) is 11.0.